The summed E-state index contributed by atoms with van der Waals surface area (Å²) in [5.74, 6) is 2.01. The molecular weight excluding hydrogens is 288 g/mol. The lowest BCUT2D eigenvalue weighted by molar-refractivity contribution is -0.133. The van der Waals surface area contributed by atoms with Crippen molar-refractivity contribution in [3.05, 3.63) is 0 Å². The zero-order valence-corrected chi connectivity index (χ0v) is 14.8. The van der Waals surface area contributed by atoms with Crippen molar-refractivity contribution in [2.75, 3.05) is 39.3 Å². The molecule has 1 amide bonds. The van der Waals surface area contributed by atoms with E-state index >= 15 is 0 Å². The lowest BCUT2D eigenvalue weighted by Crippen LogP contribution is -2.50. The summed E-state index contributed by atoms with van der Waals surface area (Å²) in [6, 6.07) is 0. The minimum atomic E-state index is 0.399. The molecule has 0 aromatic heterocycles. The van der Waals surface area contributed by atoms with Crippen LogP contribution in [0.4, 0.5) is 0 Å². The predicted octanol–water partition coefficient (Wildman–Crippen LogP) is 2.92. The molecule has 1 aliphatic carbocycles. The summed E-state index contributed by atoms with van der Waals surface area (Å²) in [7, 11) is 0. The first-order chi connectivity index (χ1) is 11.2. The smallest absolute Gasteiger partial charge is 0.222 e. The van der Waals surface area contributed by atoms with Crippen LogP contribution >= 0.6 is 0 Å². The SMILES string of the molecule is C[C@@H]1C[C@H](CN2CCN(C(=O)CCC3CCCC3)CC2)CCO1. The van der Waals surface area contributed by atoms with E-state index in [1.807, 2.05) is 0 Å². The number of hydrogen-bond acceptors (Lipinski definition) is 3. The fourth-order valence-corrected chi connectivity index (χ4v) is 4.59. The van der Waals surface area contributed by atoms with Gasteiger partial charge in [-0.2, -0.15) is 0 Å². The quantitative estimate of drug-likeness (QED) is 0.780. The highest BCUT2D eigenvalue weighted by Gasteiger charge is 2.26. The van der Waals surface area contributed by atoms with Crippen LogP contribution < -0.4 is 0 Å². The molecule has 0 spiro atoms. The molecule has 4 heteroatoms. The van der Waals surface area contributed by atoms with Crippen molar-refractivity contribution >= 4 is 5.91 Å². The minimum Gasteiger partial charge on any atom is -0.378 e. The number of rotatable bonds is 5. The van der Waals surface area contributed by atoms with E-state index in [9.17, 15) is 4.79 Å². The highest BCUT2D eigenvalue weighted by atomic mass is 16.5. The fraction of sp³-hybridized carbons (Fsp3) is 0.947. The summed E-state index contributed by atoms with van der Waals surface area (Å²) in [6.07, 6.45) is 10.2. The Morgan fingerprint density at radius 1 is 1.04 bits per heavy atom. The number of amides is 1. The molecule has 0 unspecified atom stereocenters. The van der Waals surface area contributed by atoms with Crippen LogP contribution in [0.2, 0.25) is 0 Å². The Bertz CT molecular complexity index is 374. The predicted molar refractivity (Wildman–Crippen MR) is 92.4 cm³/mol. The van der Waals surface area contributed by atoms with Gasteiger partial charge in [0.05, 0.1) is 6.10 Å². The van der Waals surface area contributed by atoms with Gasteiger partial charge in [-0.05, 0) is 38.0 Å². The molecule has 132 valence electrons. The molecule has 0 aromatic rings. The van der Waals surface area contributed by atoms with Gasteiger partial charge >= 0.3 is 0 Å². The first-order valence-electron chi connectivity index (χ1n) is 9.82. The minimum absolute atomic E-state index is 0.399. The topological polar surface area (TPSA) is 32.8 Å². The van der Waals surface area contributed by atoms with Crippen molar-refractivity contribution in [2.24, 2.45) is 11.8 Å². The molecule has 2 saturated heterocycles. The van der Waals surface area contributed by atoms with Gasteiger partial charge in [-0.15, -0.1) is 0 Å². The van der Waals surface area contributed by atoms with Crippen LogP contribution in [0, 0.1) is 11.8 Å². The van der Waals surface area contributed by atoms with Gasteiger partial charge in [-0.25, -0.2) is 0 Å². The molecule has 2 atom stereocenters. The summed E-state index contributed by atoms with van der Waals surface area (Å²) < 4.78 is 5.64. The van der Waals surface area contributed by atoms with Crippen LogP contribution in [0.15, 0.2) is 0 Å². The van der Waals surface area contributed by atoms with E-state index in [-0.39, 0.29) is 0 Å². The van der Waals surface area contributed by atoms with Gasteiger partial charge in [0.1, 0.15) is 0 Å². The van der Waals surface area contributed by atoms with Gasteiger partial charge in [-0.3, -0.25) is 9.69 Å². The number of nitrogens with zero attached hydrogens (tertiary/aromatic N) is 2. The standard InChI is InChI=1S/C19H34N2O2/c1-16-14-18(8-13-23-16)15-20-9-11-21(12-10-20)19(22)7-6-17-4-2-3-5-17/h16-18H,2-15H2,1H3/t16-,18-/m1/s1. The highest BCUT2D eigenvalue weighted by molar-refractivity contribution is 5.76. The molecule has 2 heterocycles. The van der Waals surface area contributed by atoms with Crippen molar-refractivity contribution in [1.82, 2.24) is 9.80 Å². The van der Waals surface area contributed by atoms with Crippen LogP contribution in [-0.4, -0.2) is 61.1 Å². The van der Waals surface area contributed by atoms with Crippen molar-refractivity contribution in [3.8, 4) is 0 Å². The van der Waals surface area contributed by atoms with Crippen molar-refractivity contribution in [3.63, 3.8) is 0 Å². The maximum absolute atomic E-state index is 12.4. The fourth-order valence-electron chi connectivity index (χ4n) is 4.59. The molecule has 23 heavy (non-hydrogen) atoms. The second-order valence-electron chi connectivity index (χ2n) is 7.94. The molecule has 0 radical (unpaired) electrons. The van der Waals surface area contributed by atoms with Gasteiger partial charge in [-0.1, -0.05) is 25.7 Å². The number of piperazine rings is 1. The Labute approximate surface area is 141 Å². The molecule has 0 N–H and O–H groups in total. The van der Waals surface area contributed by atoms with E-state index in [2.05, 4.69) is 16.7 Å². The lowest BCUT2D eigenvalue weighted by atomic mass is 9.95. The van der Waals surface area contributed by atoms with E-state index < -0.39 is 0 Å². The molecule has 4 nitrogen and oxygen atoms in total. The average Bonchev–Trinajstić information content (AvgIpc) is 3.07. The van der Waals surface area contributed by atoms with Gasteiger partial charge < -0.3 is 9.64 Å². The Hall–Kier alpha value is -0.610. The third-order valence-corrected chi connectivity index (χ3v) is 6.08. The number of carbonyl (C=O) groups excluding carboxylic acids is 1. The Kier molecular flexibility index (Phi) is 6.35. The zero-order valence-electron chi connectivity index (χ0n) is 14.8. The Morgan fingerprint density at radius 3 is 2.48 bits per heavy atom. The molecule has 3 rings (SSSR count). The van der Waals surface area contributed by atoms with E-state index in [1.165, 1.54) is 45.1 Å². The Morgan fingerprint density at radius 2 is 1.78 bits per heavy atom. The summed E-state index contributed by atoms with van der Waals surface area (Å²) >= 11 is 0. The molecule has 0 bridgehead atoms. The second kappa shape index (κ2) is 8.48. The number of hydrogen-bond donors (Lipinski definition) is 0. The van der Waals surface area contributed by atoms with E-state index in [1.54, 1.807) is 0 Å². The van der Waals surface area contributed by atoms with Crippen LogP contribution in [0.5, 0.6) is 0 Å². The van der Waals surface area contributed by atoms with Gasteiger partial charge in [0, 0.05) is 45.8 Å². The third kappa shape index (κ3) is 5.18. The summed E-state index contributed by atoms with van der Waals surface area (Å²) in [4.78, 5) is 17.1. The first kappa shape index (κ1) is 17.2. The van der Waals surface area contributed by atoms with Gasteiger partial charge in [0.2, 0.25) is 5.91 Å². The average molecular weight is 322 g/mol. The molecule has 3 aliphatic rings. The molecule has 2 aliphatic heterocycles. The third-order valence-electron chi connectivity index (χ3n) is 6.08. The second-order valence-corrected chi connectivity index (χ2v) is 7.94. The summed E-state index contributed by atoms with van der Waals surface area (Å²) in [5, 5.41) is 0. The number of carbonyl (C=O) groups is 1. The van der Waals surface area contributed by atoms with Crippen LogP contribution in [-0.2, 0) is 9.53 Å². The lowest BCUT2D eigenvalue weighted by Gasteiger charge is -2.38. The maximum atomic E-state index is 12.4. The van der Waals surface area contributed by atoms with Crippen LogP contribution in [0.3, 0.4) is 0 Å². The van der Waals surface area contributed by atoms with Crippen LogP contribution in [0.1, 0.15) is 58.3 Å². The number of ether oxygens (including phenoxy) is 1. The van der Waals surface area contributed by atoms with E-state index in [4.69, 9.17) is 4.74 Å². The van der Waals surface area contributed by atoms with E-state index in [0.29, 0.717) is 12.0 Å². The normalized spacial score (nSPS) is 30.7. The summed E-state index contributed by atoms with van der Waals surface area (Å²) in [6.45, 7) is 8.28. The monoisotopic (exact) mass is 322 g/mol. The van der Waals surface area contributed by atoms with Crippen LogP contribution in [0.25, 0.3) is 0 Å². The molecule has 1 saturated carbocycles. The van der Waals surface area contributed by atoms with Crippen molar-refractivity contribution in [1.29, 1.82) is 0 Å². The van der Waals surface area contributed by atoms with Gasteiger partial charge in [0.25, 0.3) is 0 Å². The first-order valence-corrected chi connectivity index (χ1v) is 9.82. The highest BCUT2D eigenvalue weighted by Crippen LogP contribution is 2.28. The van der Waals surface area contributed by atoms with Crippen molar-refractivity contribution < 1.29 is 9.53 Å². The maximum Gasteiger partial charge on any atom is 0.222 e. The van der Waals surface area contributed by atoms with E-state index in [0.717, 1.165) is 57.5 Å². The molecule has 0 aromatic carbocycles. The molecular formula is C19H34N2O2. The zero-order chi connectivity index (χ0) is 16.1. The van der Waals surface area contributed by atoms with Gasteiger partial charge in [0.15, 0.2) is 0 Å². The summed E-state index contributed by atoms with van der Waals surface area (Å²) in [5.41, 5.74) is 0. The largest absolute Gasteiger partial charge is 0.378 e. The molecule has 3 fully saturated rings. The Balaban J connectivity index is 1.33. The van der Waals surface area contributed by atoms with Crippen molar-refractivity contribution in [2.45, 2.75) is 64.4 Å².